The molecule has 0 aliphatic carbocycles. The van der Waals surface area contributed by atoms with Gasteiger partial charge in [-0.25, -0.2) is 4.79 Å². The highest BCUT2D eigenvalue weighted by Gasteiger charge is 2.31. The van der Waals surface area contributed by atoms with E-state index in [9.17, 15) is 24.3 Å². The molecule has 2 aromatic rings. The van der Waals surface area contributed by atoms with Crippen LogP contribution in [-0.4, -0.2) is 71.0 Å². The minimum absolute atomic E-state index is 0.0876. The number of aliphatic carboxylic acids is 1. The van der Waals surface area contributed by atoms with Gasteiger partial charge in [0.25, 0.3) is 0 Å². The van der Waals surface area contributed by atoms with Gasteiger partial charge in [-0.3, -0.25) is 14.4 Å². The van der Waals surface area contributed by atoms with E-state index >= 15 is 0 Å². The third kappa shape index (κ3) is 10.5. The molecule has 228 valence electrons. The van der Waals surface area contributed by atoms with Crippen molar-refractivity contribution >= 4 is 34.6 Å². The molecule has 5 unspecified atom stereocenters. The first kappa shape index (κ1) is 33.7. The molecule has 0 spiro atoms. The highest BCUT2D eigenvalue weighted by Crippen LogP contribution is 2.19. The number of aromatic nitrogens is 1. The van der Waals surface area contributed by atoms with Crippen molar-refractivity contribution in [1.82, 2.24) is 20.9 Å². The molecule has 0 aliphatic heterocycles. The van der Waals surface area contributed by atoms with Crippen molar-refractivity contribution in [3.05, 3.63) is 36.0 Å². The summed E-state index contributed by atoms with van der Waals surface area (Å²) in [6.07, 6.45) is 5.45. The fraction of sp³-hybridized carbons (Fsp3) is 0.586. The molecule has 12 nitrogen and oxygen atoms in total. The number of carboxylic acid groups (broad SMARTS) is 1. The van der Waals surface area contributed by atoms with Crippen molar-refractivity contribution in [2.45, 2.75) is 89.4 Å². The molecule has 0 saturated carbocycles. The maximum absolute atomic E-state index is 13.6. The van der Waals surface area contributed by atoms with Crippen LogP contribution < -0.4 is 33.2 Å². The standard InChI is InChI=1S/C29H47N7O5/c1-3-18(2)25(32)28(39)34-22(12-6-8-14-30)26(37)36-24(16-19-17-33-21-11-5-4-10-20(19)21)27(38)35-23(29(40)41)13-7-9-15-31/h4-5,10-11,17-18,22-25,33H,3,6-9,12-16,30-32H2,1-2H3,(H,34,39)(H,35,38)(H,36,37)(H,40,41). The summed E-state index contributed by atoms with van der Waals surface area (Å²) >= 11 is 0. The summed E-state index contributed by atoms with van der Waals surface area (Å²) < 4.78 is 0. The largest absolute Gasteiger partial charge is 0.480 e. The maximum atomic E-state index is 13.6. The van der Waals surface area contributed by atoms with E-state index < -0.39 is 47.9 Å². The van der Waals surface area contributed by atoms with E-state index in [0.29, 0.717) is 51.6 Å². The summed E-state index contributed by atoms with van der Waals surface area (Å²) in [5.41, 5.74) is 18.9. The number of para-hydroxylation sites is 1. The quantitative estimate of drug-likeness (QED) is 0.112. The smallest absolute Gasteiger partial charge is 0.326 e. The number of fused-ring (bicyclic) bond motifs is 1. The van der Waals surface area contributed by atoms with Crippen molar-refractivity contribution in [3.8, 4) is 0 Å². The minimum Gasteiger partial charge on any atom is -0.480 e. The van der Waals surface area contributed by atoms with Crippen LogP contribution in [0, 0.1) is 5.92 Å². The number of rotatable bonds is 19. The summed E-state index contributed by atoms with van der Waals surface area (Å²) in [5, 5.41) is 18.7. The summed E-state index contributed by atoms with van der Waals surface area (Å²) in [5.74, 6) is -2.89. The summed E-state index contributed by atoms with van der Waals surface area (Å²) in [6, 6.07) is 3.58. The number of hydrogen-bond acceptors (Lipinski definition) is 7. The monoisotopic (exact) mass is 573 g/mol. The Bertz CT molecular complexity index is 1140. The summed E-state index contributed by atoms with van der Waals surface area (Å²) in [7, 11) is 0. The highest BCUT2D eigenvalue weighted by molar-refractivity contribution is 5.94. The molecule has 2 rings (SSSR count). The Morgan fingerprint density at radius 2 is 1.41 bits per heavy atom. The van der Waals surface area contributed by atoms with Gasteiger partial charge in [-0.15, -0.1) is 0 Å². The lowest BCUT2D eigenvalue weighted by atomic mass is 9.98. The fourth-order valence-corrected chi connectivity index (χ4v) is 4.57. The number of carbonyl (C=O) groups excluding carboxylic acids is 3. The lowest BCUT2D eigenvalue weighted by Gasteiger charge is -2.26. The van der Waals surface area contributed by atoms with Crippen LogP contribution in [0.5, 0.6) is 0 Å². The number of unbranched alkanes of at least 4 members (excludes halogenated alkanes) is 2. The van der Waals surface area contributed by atoms with Gasteiger partial charge in [0, 0.05) is 23.5 Å². The lowest BCUT2D eigenvalue weighted by molar-refractivity contribution is -0.142. The van der Waals surface area contributed by atoms with Gasteiger partial charge >= 0.3 is 5.97 Å². The number of aromatic amines is 1. The molecule has 0 radical (unpaired) electrons. The average molecular weight is 574 g/mol. The lowest BCUT2D eigenvalue weighted by Crippen LogP contribution is -2.58. The molecule has 11 N–H and O–H groups in total. The number of benzene rings is 1. The van der Waals surface area contributed by atoms with Crippen LogP contribution in [0.25, 0.3) is 10.9 Å². The molecule has 1 heterocycles. The average Bonchev–Trinajstić information content (AvgIpc) is 3.37. The van der Waals surface area contributed by atoms with Gasteiger partial charge in [0.2, 0.25) is 17.7 Å². The van der Waals surface area contributed by atoms with E-state index in [4.69, 9.17) is 17.2 Å². The molecule has 0 fully saturated rings. The molecular formula is C29H47N7O5. The zero-order valence-electron chi connectivity index (χ0n) is 24.2. The molecule has 41 heavy (non-hydrogen) atoms. The van der Waals surface area contributed by atoms with Crippen molar-refractivity contribution in [3.63, 3.8) is 0 Å². The second-order valence-corrected chi connectivity index (χ2v) is 10.6. The van der Waals surface area contributed by atoms with Crippen molar-refractivity contribution in [2.75, 3.05) is 13.1 Å². The van der Waals surface area contributed by atoms with Gasteiger partial charge in [0.15, 0.2) is 0 Å². The highest BCUT2D eigenvalue weighted by atomic mass is 16.4. The Balaban J connectivity index is 2.31. The molecule has 3 amide bonds. The minimum atomic E-state index is -1.17. The van der Waals surface area contributed by atoms with E-state index in [0.717, 1.165) is 16.5 Å². The Labute approximate surface area is 241 Å². The van der Waals surface area contributed by atoms with Crippen LogP contribution in [0.1, 0.15) is 64.4 Å². The van der Waals surface area contributed by atoms with Gasteiger partial charge in [0.1, 0.15) is 18.1 Å². The molecule has 1 aromatic heterocycles. The second kappa shape index (κ2) is 17.4. The second-order valence-electron chi connectivity index (χ2n) is 10.6. The zero-order valence-corrected chi connectivity index (χ0v) is 24.2. The van der Waals surface area contributed by atoms with E-state index in [1.807, 2.05) is 38.1 Å². The Hall–Kier alpha value is -3.48. The van der Waals surface area contributed by atoms with Crippen molar-refractivity contribution in [1.29, 1.82) is 0 Å². The van der Waals surface area contributed by atoms with Gasteiger partial charge in [-0.05, 0) is 69.2 Å². The number of carbonyl (C=O) groups is 4. The van der Waals surface area contributed by atoms with Crippen molar-refractivity contribution < 1.29 is 24.3 Å². The van der Waals surface area contributed by atoms with Crippen LogP contribution in [0.3, 0.4) is 0 Å². The number of H-pyrrole nitrogens is 1. The Kier molecular flexibility index (Phi) is 14.3. The Morgan fingerprint density at radius 1 is 0.854 bits per heavy atom. The van der Waals surface area contributed by atoms with E-state index in [2.05, 4.69) is 20.9 Å². The first-order valence-corrected chi connectivity index (χ1v) is 14.5. The van der Waals surface area contributed by atoms with Crippen LogP contribution in [0.15, 0.2) is 30.5 Å². The molecule has 5 atom stereocenters. The molecular weight excluding hydrogens is 526 g/mol. The maximum Gasteiger partial charge on any atom is 0.326 e. The topological polar surface area (TPSA) is 218 Å². The first-order chi connectivity index (χ1) is 19.6. The molecule has 0 saturated heterocycles. The number of nitrogens with two attached hydrogens (primary N) is 3. The van der Waals surface area contributed by atoms with Gasteiger partial charge in [0.05, 0.1) is 6.04 Å². The molecule has 0 aliphatic rings. The molecule has 1 aromatic carbocycles. The van der Waals surface area contributed by atoms with Crippen LogP contribution >= 0.6 is 0 Å². The third-order valence-corrected chi connectivity index (χ3v) is 7.43. The number of carboxylic acids is 1. The van der Waals surface area contributed by atoms with E-state index in [1.165, 1.54) is 0 Å². The predicted octanol–water partition coefficient (Wildman–Crippen LogP) is 0.881. The molecule has 0 bridgehead atoms. The van der Waals surface area contributed by atoms with Crippen molar-refractivity contribution in [2.24, 2.45) is 23.1 Å². The zero-order chi connectivity index (χ0) is 30.4. The number of nitrogens with one attached hydrogen (secondary N) is 4. The summed E-state index contributed by atoms with van der Waals surface area (Å²) in [4.78, 5) is 54.9. The van der Waals surface area contributed by atoms with Gasteiger partial charge in [-0.1, -0.05) is 38.5 Å². The summed E-state index contributed by atoms with van der Waals surface area (Å²) in [6.45, 7) is 4.64. The SMILES string of the molecule is CCC(C)C(N)C(=O)NC(CCCCN)C(=O)NC(Cc1c[nH]c2ccccc12)C(=O)NC(CCCCN)C(=O)O. The van der Waals surface area contributed by atoms with Crippen LogP contribution in [-0.2, 0) is 25.6 Å². The molecule has 12 heteroatoms. The Morgan fingerprint density at radius 3 is 2.02 bits per heavy atom. The fourth-order valence-electron chi connectivity index (χ4n) is 4.57. The normalized spacial score (nSPS) is 15.0. The number of hydrogen-bond donors (Lipinski definition) is 8. The van der Waals surface area contributed by atoms with E-state index in [1.54, 1.807) is 6.20 Å². The third-order valence-electron chi connectivity index (χ3n) is 7.43. The van der Waals surface area contributed by atoms with E-state index in [-0.39, 0.29) is 18.8 Å². The number of amides is 3. The van der Waals surface area contributed by atoms with Gasteiger partial charge in [-0.2, -0.15) is 0 Å². The van der Waals surface area contributed by atoms with Crippen LogP contribution in [0.4, 0.5) is 0 Å². The van der Waals surface area contributed by atoms with Crippen LogP contribution in [0.2, 0.25) is 0 Å². The van der Waals surface area contributed by atoms with Gasteiger partial charge < -0.3 is 43.2 Å². The first-order valence-electron chi connectivity index (χ1n) is 14.5. The predicted molar refractivity (Wildman–Crippen MR) is 159 cm³/mol.